The number of benzene rings is 1. The van der Waals surface area contributed by atoms with Gasteiger partial charge < -0.3 is 4.42 Å². The molecule has 0 aliphatic heterocycles. The molecule has 4 rings (SSSR count). The van der Waals surface area contributed by atoms with Crippen molar-refractivity contribution in [3.8, 4) is 11.6 Å². The Morgan fingerprint density at radius 2 is 1.93 bits per heavy atom. The third kappa shape index (κ3) is 4.02. The van der Waals surface area contributed by atoms with Crippen LogP contribution in [0.5, 0.6) is 0 Å². The molecule has 10 heteroatoms. The second-order valence-electron chi connectivity index (χ2n) is 5.80. The summed E-state index contributed by atoms with van der Waals surface area (Å²) in [6.07, 6.45) is 2.63. The number of alkyl halides is 2. The summed E-state index contributed by atoms with van der Waals surface area (Å²) in [5.41, 5.74) is 1.06. The van der Waals surface area contributed by atoms with E-state index in [9.17, 15) is 8.78 Å². The van der Waals surface area contributed by atoms with Crippen molar-refractivity contribution in [2.24, 2.45) is 0 Å². The number of furan rings is 1. The molecule has 0 atom stereocenters. The first-order valence-corrected chi connectivity index (χ1v) is 10.0. The van der Waals surface area contributed by atoms with Crippen LogP contribution in [0.15, 0.2) is 69.1 Å². The number of hydrogen-bond donors (Lipinski definition) is 0. The Labute approximate surface area is 171 Å². The minimum atomic E-state index is -2.63. The molecule has 1 aromatic carbocycles. The number of imidazole rings is 1. The highest BCUT2D eigenvalue weighted by Crippen LogP contribution is 2.30. The maximum atomic E-state index is 13.0. The molecule has 0 aliphatic carbocycles. The smallest absolute Gasteiger partial charge is 0.319 e. The van der Waals surface area contributed by atoms with Crippen molar-refractivity contribution in [2.45, 2.75) is 24.0 Å². The highest BCUT2D eigenvalue weighted by atomic mass is 79.9. The second-order valence-corrected chi connectivity index (χ2v) is 7.52. The molecule has 0 bridgehead atoms. The summed E-state index contributed by atoms with van der Waals surface area (Å²) in [7, 11) is 0. The SMILES string of the molecule is FC(F)n1ccnc1CSc1nnc(-c2ccc(Br)o2)n1Cc1ccccc1. The predicted molar refractivity (Wildman–Crippen MR) is 104 cm³/mol. The highest BCUT2D eigenvalue weighted by molar-refractivity contribution is 9.10. The first-order chi connectivity index (χ1) is 13.6. The quantitative estimate of drug-likeness (QED) is 0.349. The van der Waals surface area contributed by atoms with E-state index in [4.69, 9.17) is 4.42 Å². The third-order valence-electron chi connectivity index (χ3n) is 3.98. The summed E-state index contributed by atoms with van der Waals surface area (Å²) in [4.78, 5) is 4.01. The van der Waals surface area contributed by atoms with Crippen molar-refractivity contribution in [3.63, 3.8) is 0 Å². The normalized spacial score (nSPS) is 11.4. The molecule has 0 unspecified atom stereocenters. The molecule has 0 N–H and O–H groups in total. The van der Waals surface area contributed by atoms with Crippen molar-refractivity contribution < 1.29 is 13.2 Å². The minimum Gasteiger partial charge on any atom is -0.446 e. The molecule has 4 aromatic rings. The Morgan fingerprint density at radius 1 is 1.11 bits per heavy atom. The lowest BCUT2D eigenvalue weighted by Gasteiger charge is -2.10. The molecular weight excluding hydrogens is 452 g/mol. The van der Waals surface area contributed by atoms with Gasteiger partial charge in [0.15, 0.2) is 15.6 Å². The molecule has 3 aromatic heterocycles. The molecular formula is C18H14BrF2N5OS. The maximum absolute atomic E-state index is 13.0. The topological polar surface area (TPSA) is 61.7 Å². The minimum absolute atomic E-state index is 0.242. The average molecular weight is 466 g/mol. The van der Waals surface area contributed by atoms with Gasteiger partial charge in [-0.2, -0.15) is 8.78 Å². The van der Waals surface area contributed by atoms with Crippen LogP contribution >= 0.6 is 27.7 Å². The summed E-state index contributed by atoms with van der Waals surface area (Å²) >= 11 is 4.59. The number of hydrogen-bond acceptors (Lipinski definition) is 5. The van der Waals surface area contributed by atoms with Crippen LogP contribution in [0, 0.1) is 0 Å². The van der Waals surface area contributed by atoms with E-state index in [0.29, 0.717) is 28.0 Å². The van der Waals surface area contributed by atoms with Gasteiger partial charge in [-0.3, -0.25) is 9.13 Å². The standard InChI is InChI=1S/C18H14BrF2N5OS/c19-14-7-6-13(27-14)16-23-24-18(26(16)10-12-4-2-1-3-5-12)28-11-15-22-8-9-25(15)17(20)21/h1-9,17H,10-11H2. The largest absolute Gasteiger partial charge is 0.446 e. The zero-order chi connectivity index (χ0) is 19.5. The molecule has 0 saturated carbocycles. The summed E-state index contributed by atoms with van der Waals surface area (Å²) in [6, 6.07) is 13.4. The van der Waals surface area contributed by atoms with Crippen molar-refractivity contribution in [1.29, 1.82) is 0 Å². The van der Waals surface area contributed by atoms with Crippen molar-refractivity contribution >= 4 is 27.7 Å². The van der Waals surface area contributed by atoms with Crippen LogP contribution in [0.3, 0.4) is 0 Å². The molecule has 0 aliphatic rings. The van der Waals surface area contributed by atoms with Crippen molar-refractivity contribution in [2.75, 3.05) is 0 Å². The van der Waals surface area contributed by atoms with E-state index >= 15 is 0 Å². The van der Waals surface area contributed by atoms with E-state index in [-0.39, 0.29) is 11.6 Å². The van der Waals surface area contributed by atoms with Crippen LogP contribution < -0.4 is 0 Å². The second kappa shape index (κ2) is 8.27. The van der Waals surface area contributed by atoms with Crippen LogP contribution in [0.25, 0.3) is 11.6 Å². The molecule has 0 saturated heterocycles. The third-order valence-corrected chi connectivity index (χ3v) is 5.37. The van der Waals surface area contributed by atoms with Crippen LogP contribution in [-0.2, 0) is 12.3 Å². The monoisotopic (exact) mass is 465 g/mol. The summed E-state index contributed by atoms with van der Waals surface area (Å²) in [5, 5.41) is 9.10. The van der Waals surface area contributed by atoms with E-state index in [1.54, 1.807) is 12.1 Å². The van der Waals surface area contributed by atoms with Crippen LogP contribution in [0.1, 0.15) is 17.9 Å². The van der Waals surface area contributed by atoms with E-state index in [2.05, 4.69) is 31.1 Å². The van der Waals surface area contributed by atoms with Gasteiger partial charge >= 0.3 is 6.55 Å². The Hall–Kier alpha value is -2.46. The Balaban J connectivity index is 1.64. The number of nitrogens with zero attached hydrogens (tertiary/aromatic N) is 5. The molecule has 0 radical (unpaired) electrons. The van der Waals surface area contributed by atoms with Crippen molar-refractivity contribution in [3.05, 3.63) is 70.9 Å². The summed E-state index contributed by atoms with van der Waals surface area (Å²) in [6.45, 7) is -2.11. The number of halogens is 3. The van der Waals surface area contributed by atoms with Crippen LogP contribution in [0.4, 0.5) is 8.78 Å². The zero-order valence-electron chi connectivity index (χ0n) is 14.4. The van der Waals surface area contributed by atoms with Gasteiger partial charge in [-0.25, -0.2) is 4.98 Å². The number of thioether (sulfide) groups is 1. The van der Waals surface area contributed by atoms with Crippen LogP contribution in [-0.4, -0.2) is 24.3 Å². The van der Waals surface area contributed by atoms with Gasteiger partial charge in [0.1, 0.15) is 5.82 Å². The van der Waals surface area contributed by atoms with Crippen LogP contribution in [0.2, 0.25) is 0 Å². The fourth-order valence-corrected chi connectivity index (χ4v) is 3.88. The first-order valence-electron chi connectivity index (χ1n) is 8.27. The van der Waals surface area contributed by atoms with Crippen molar-refractivity contribution in [1.82, 2.24) is 24.3 Å². The first kappa shape index (κ1) is 18.9. The molecule has 0 spiro atoms. The lowest BCUT2D eigenvalue weighted by molar-refractivity contribution is 0.0678. The summed E-state index contributed by atoms with van der Waals surface area (Å²) < 4.78 is 35.1. The molecule has 0 fully saturated rings. The fourth-order valence-electron chi connectivity index (χ4n) is 2.68. The Kier molecular flexibility index (Phi) is 5.58. The van der Waals surface area contributed by atoms with Gasteiger partial charge in [0.25, 0.3) is 0 Å². The zero-order valence-corrected chi connectivity index (χ0v) is 16.8. The molecule has 0 amide bonds. The van der Waals surface area contributed by atoms with Gasteiger partial charge in [-0.1, -0.05) is 42.1 Å². The number of aromatic nitrogens is 5. The van der Waals surface area contributed by atoms with Gasteiger partial charge in [0.05, 0.1) is 12.3 Å². The van der Waals surface area contributed by atoms with Gasteiger partial charge in [-0.05, 0) is 33.6 Å². The highest BCUT2D eigenvalue weighted by Gasteiger charge is 2.19. The molecule has 28 heavy (non-hydrogen) atoms. The predicted octanol–water partition coefficient (Wildman–Crippen LogP) is 5.23. The van der Waals surface area contributed by atoms with E-state index in [0.717, 1.165) is 10.1 Å². The molecule has 3 heterocycles. The van der Waals surface area contributed by atoms with E-state index in [1.165, 1.54) is 24.2 Å². The van der Waals surface area contributed by atoms with Gasteiger partial charge in [0, 0.05) is 12.4 Å². The fraction of sp³-hybridized carbons (Fsp3) is 0.167. The summed E-state index contributed by atoms with van der Waals surface area (Å²) in [5.74, 6) is 1.65. The van der Waals surface area contributed by atoms with E-state index < -0.39 is 6.55 Å². The Morgan fingerprint density at radius 3 is 2.64 bits per heavy atom. The molecule has 144 valence electrons. The number of rotatable bonds is 7. The maximum Gasteiger partial charge on any atom is 0.319 e. The van der Waals surface area contributed by atoms with E-state index in [1.807, 2.05) is 34.9 Å². The molecule has 6 nitrogen and oxygen atoms in total. The Bertz CT molecular complexity index is 1060. The lowest BCUT2D eigenvalue weighted by Crippen LogP contribution is -2.05. The lowest BCUT2D eigenvalue weighted by atomic mass is 10.2. The van der Waals surface area contributed by atoms with Gasteiger partial charge in [0.2, 0.25) is 5.82 Å². The average Bonchev–Trinajstić information content (AvgIpc) is 3.41. The van der Waals surface area contributed by atoms with Gasteiger partial charge in [-0.15, -0.1) is 10.2 Å².